The van der Waals surface area contributed by atoms with Gasteiger partial charge in [0.1, 0.15) is 17.9 Å². The Balaban J connectivity index is 2.62. The molecule has 4 heteroatoms. The lowest BCUT2D eigenvalue weighted by atomic mass is 9.97. The molecule has 0 bridgehead atoms. The first-order chi connectivity index (χ1) is 9.15. The van der Waals surface area contributed by atoms with Crippen LogP contribution < -0.4 is 10.5 Å². The second-order valence-electron chi connectivity index (χ2n) is 4.61. The second kappa shape index (κ2) is 5.69. The molecule has 0 atom stereocenters. The van der Waals surface area contributed by atoms with E-state index in [0.717, 1.165) is 22.6 Å². The molecular formula is C15H19N3O. The van der Waals surface area contributed by atoms with Crippen molar-refractivity contribution < 1.29 is 4.74 Å². The van der Waals surface area contributed by atoms with Gasteiger partial charge in [-0.2, -0.15) is 0 Å². The third-order valence-corrected chi connectivity index (χ3v) is 2.93. The number of anilines is 1. The molecule has 0 fully saturated rings. The number of benzene rings is 1. The molecule has 19 heavy (non-hydrogen) atoms. The van der Waals surface area contributed by atoms with E-state index < -0.39 is 0 Å². The van der Waals surface area contributed by atoms with Gasteiger partial charge in [-0.3, -0.25) is 0 Å². The summed E-state index contributed by atoms with van der Waals surface area (Å²) in [5, 5.41) is 0. The number of para-hydroxylation sites is 1. The highest BCUT2D eigenvalue weighted by atomic mass is 16.5. The molecule has 1 heterocycles. The summed E-state index contributed by atoms with van der Waals surface area (Å²) in [6.45, 7) is 6.76. The Bertz CT molecular complexity index is 567. The number of aromatic nitrogens is 2. The first-order valence-electron chi connectivity index (χ1n) is 6.47. The predicted molar refractivity (Wildman–Crippen MR) is 77.1 cm³/mol. The van der Waals surface area contributed by atoms with Gasteiger partial charge in [-0.05, 0) is 25.0 Å². The molecule has 0 amide bonds. The second-order valence-corrected chi connectivity index (χ2v) is 4.61. The lowest BCUT2D eigenvalue weighted by Gasteiger charge is -2.16. The van der Waals surface area contributed by atoms with Crippen LogP contribution in [0.5, 0.6) is 5.75 Å². The molecule has 0 radical (unpaired) electrons. The van der Waals surface area contributed by atoms with E-state index in [4.69, 9.17) is 10.5 Å². The van der Waals surface area contributed by atoms with Crippen molar-refractivity contribution in [3.05, 3.63) is 36.2 Å². The van der Waals surface area contributed by atoms with Crippen LogP contribution in [-0.2, 0) is 0 Å². The molecule has 0 spiro atoms. The van der Waals surface area contributed by atoms with Crippen LogP contribution in [-0.4, -0.2) is 16.6 Å². The van der Waals surface area contributed by atoms with Gasteiger partial charge < -0.3 is 10.5 Å². The van der Waals surface area contributed by atoms with Crippen LogP contribution in [0.3, 0.4) is 0 Å². The van der Waals surface area contributed by atoms with Crippen LogP contribution in [0.15, 0.2) is 30.6 Å². The van der Waals surface area contributed by atoms with Crippen LogP contribution in [0.4, 0.5) is 5.82 Å². The van der Waals surface area contributed by atoms with Gasteiger partial charge in [0.2, 0.25) is 0 Å². The van der Waals surface area contributed by atoms with Crippen molar-refractivity contribution >= 4 is 5.82 Å². The Hall–Kier alpha value is -2.10. The van der Waals surface area contributed by atoms with E-state index in [1.807, 2.05) is 31.2 Å². The fourth-order valence-corrected chi connectivity index (χ4v) is 2.14. The van der Waals surface area contributed by atoms with E-state index in [2.05, 4.69) is 23.8 Å². The molecule has 0 saturated carbocycles. The van der Waals surface area contributed by atoms with Crippen molar-refractivity contribution in [2.75, 3.05) is 12.3 Å². The molecule has 0 aliphatic rings. The van der Waals surface area contributed by atoms with Gasteiger partial charge in [0.15, 0.2) is 0 Å². The zero-order chi connectivity index (χ0) is 13.8. The predicted octanol–water partition coefficient (Wildman–Crippen LogP) is 3.25. The fraction of sp³-hybridized carbons (Fsp3) is 0.333. The lowest BCUT2D eigenvalue weighted by Crippen LogP contribution is -2.05. The van der Waals surface area contributed by atoms with Gasteiger partial charge in [-0.25, -0.2) is 9.97 Å². The first-order valence-corrected chi connectivity index (χ1v) is 6.47. The first kappa shape index (κ1) is 13.3. The summed E-state index contributed by atoms with van der Waals surface area (Å²) >= 11 is 0. The maximum Gasteiger partial charge on any atom is 0.130 e. The molecule has 1 aromatic heterocycles. The number of ether oxygens (including phenoxy) is 1. The van der Waals surface area contributed by atoms with Gasteiger partial charge in [-0.1, -0.05) is 26.0 Å². The monoisotopic (exact) mass is 257 g/mol. The third-order valence-electron chi connectivity index (χ3n) is 2.93. The van der Waals surface area contributed by atoms with Gasteiger partial charge in [0.05, 0.1) is 12.3 Å². The van der Waals surface area contributed by atoms with Gasteiger partial charge in [0.25, 0.3) is 0 Å². The summed E-state index contributed by atoms with van der Waals surface area (Å²) in [4.78, 5) is 8.49. The number of nitrogens with zero attached hydrogens (tertiary/aromatic N) is 2. The number of nitrogen functional groups attached to an aromatic ring is 1. The largest absolute Gasteiger partial charge is 0.493 e. The SMILES string of the molecule is CCOc1ccccc1-c1ncnc(N)c1C(C)C. The minimum atomic E-state index is 0.255. The van der Waals surface area contributed by atoms with Crippen molar-refractivity contribution in [1.82, 2.24) is 9.97 Å². The highest BCUT2D eigenvalue weighted by molar-refractivity contribution is 5.73. The summed E-state index contributed by atoms with van der Waals surface area (Å²) in [5.74, 6) is 1.61. The Morgan fingerprint density at radius 3 is 2.63 bits per heavy atom. The van der Waals surface area contributed by atoms with Gasteiger partial charge in [0, 0.05) is 11.1 Å². The average Bonchev–Trinajstić information content (AvgIpc) is 2.39. The minimum Gasteiger partial charge on any atom is -0.493 e. The van der Waals surface area contributed by atoms with E-state index in [9.17, 15) is 0 Å². The molecule has 0 aliphatic carbocycles. The van der Waals surface area contributed by atoms with Crippen molar-refractivity contribution in [3.8, 4) is 17.0 Å². The minimum absolute atomic E-state index is 0.255. The van der Waals surface area contributed by atoms with Crippen molar-refractivity contribution in [2.24, 2.45) is 0 Å². The van der Waals surface area contributed by atoms with Gasteiger partial charge >= 0.3 is 0 Å². The normalized spacial score (nSPS) is 10.7. The molecule has 2 N–H and O–H groups in total. The fourth-order valence-electron chi connectivity index (χ4n) is 2.14. The summed E-state index contributed by atoms with van der Waals surface area (Å²) in [6.07, 6.45) is 1.50. The average molecular weight is 257 g/mol. The molecule has 1 aromatic carbocycles. The number of rotatable bonds is 4. The maximum atomic E-state index is 5.99. The van der Waals surface area contributed by atoms with Crippen LogP contribution in [0.25, 0.3) is 11.3 Å². The molecule has 2 aromatic rings. The number of hydrogen-bond donors (Lipinski definition) is 1. The molecule has 0 aliphatic heterocycles. The van der Waals surface area contributed by atoms with Crippen LogP contribution in [0.1, 0.15) is 32.3 Å². The van der Waals surface area contributed by atoms with E-state index in [-0.39, 0.29) is 5.92 Å². The Labute approximate surface area is 113 Å². The van der Waals surface area contributed by atoms with E-state index in [0.29, 0.717) is 12.4 Å². The Kier molecular flexibility index (Phi) is 4.00. The van der Waals surface area contributed by atoms with Crippen molar-refractivity contribution in [2.45, 2.75) is 26.7 Å². The molecular weight excluding hydrogens is 238 g/mol. The number of hydrogen-bond acceptors (Lipinski definition) is 4. The Morgan fingerprint density at radius 2 is 1.95 bits per heavy atom. The summed E-state index contributed by atoms with van der Waals surface area (Å²) in [7, 11) is 0. The number of nitrogens with two attached hydrogens (primary N) is 1. The zero-order valence-corrected chi connectivity index (χ0v) is 11.6. The van der Waals surface area contributed by atoms with Crippen LogP contribution in [0.2, 0.25) is 0 Å². The van der Waals surface area contributed by atoms with E-state index in [1.165, 1.54) is 6.33 Å². The highest BCUT2D eigenvalue weighted by Gasteiger charge is 2.17. The third kappa shape index (κ3) is 2.67. The van der Waals surface area contributed by atoms with Crippen molar-refractivity contribution in [3.63, 3.8) is 0 Å². The maximum absolute atomic E-state index is 5.99. The summed E-state index contributed by atoms with van der Waals surface area (Å²) in [6, 6.07) is 7.87. The molecule has 100 valence electrons. The highest BCUT2D eigenvalue weighted by Crippen LogP contribution is 2.35. The van der Waals surface area contributed by atoms with Crippen LogP contribution in [0, 0.1) is 0 Å². The summed E-state index contributed by atoms with van der Waals surface area (Å²) < 4.78 is 5.66. The molecule has 4 nitrogen and oxygen atoms in total. The topological polar surface area (TPSA) is 61.0 Å². The standard InChI is InChI=1S/C15H19N3O/c1-4-19-12-8-6-5-7-11(12)14-13(10(2)3)15(16)18-9-17-14/h5-10H,4H2,1-3H3,(H2,16,17,18). The quantitative estimate of drug-likeness (QED) is 0.913. The molecule has 0 unspecified atom stereocenters. The summed E-state index contributed by atoms with van der Waals surface area (Å²) in [5.41, 5.74) is 8.77. The smallest absolute Gasteiger partial charge is 0.130 e. The lowest BCUT2D eigenvalue weighted by molar-refractivity contribution is 0.341. The van der Waals surface area contributed by atoms with Crippen LogP contribution >= 0.6 is 0 Å². The Morgan fingerprint density at radius 1 is 1.21 bits per heavy atom. The van der Waals surface area contributed by atoms with E-state index >= 15 is 0 Å². The molecule has 2 rings (SSSR count). The zero-order valence-electron chi connectivity index (χ0n) is 11.6. The van der Waals surface area contributed by atoms with Gasteiger partial charge in [-0.15, -0.1) is 0 Å². The van der Waals surface area contributed by atoms with E-state index in [1.54, 1.807) is 0 Å². The molecule has 0 saturated heterocycles. The van der Waals surface area contributed by atoms with Crippen molar-refractivity contribution in [1.29, 1.82) is 0 Å².